The van der Waals surface area contributed by atoms with Crippen molar-refractivity contribution in [2.24, 2.45) is 5.41 Å². The van der Waals surface area contributed by atoms with Gasteiger partial charge < -0.3 is 53.9 Å². The zero-order chi connectivity index (χ0) is 59.5. The van der Waals surface area contributed by atoms with Gasteiger partial charge in [-0.2, -0.15) is 0 Å². The van der Waals surface area contributed by atoms with Crippen molar-refractivity contribution in [1.29, 1.82) is 0 Å². The molecule has 0 unspecified atom stereocenters. The molecule has 0 radical (unpaired) electrons. The highest BCUT2D eigenvalue weighted by atomic mass is 16.5. The van der Waals surface area contributed by atoms with Crippen molar-refractivity contribution in [3.05, 3.63) is 138 Å². The number of aryl methyl sites for hydroxylation is 1. The van der Waals surface area contributed by atoms with E-state index >= 15 is 0 Å². The van der Waals surface area contributed by atoms with Crippen LogP contribution in [0.2, 0.25) is 0 Å². The Balaban J connectivity index is 1.28. The lowest BCUT2D eigenvalue weighted by atomic mass is 9.87. The number of nitrogens with one attached hydrogen (secondary N) is 2. The Hall–Kier alpha value is -8.55. The summed E-state index contributed by atoms with van der Waals surface area (Å²) in [5.41, 5.74) is 1.32. The fourth-order valence-corrected chi connectivity index (χ4v) is 9.61. The molecule has 0 spiro atoms. The van der Waals surface area contributed by atoms with Crippen LogP contribution in [0.4, 0.5) is 0 Å². The highest BCUT2D eigenvalue weighted by Gasteiger charge is 2.43. The Bertz CT molecular complexity index is 2930. The number of Topliss-reactive ketones (excluding diaryl/α,β-unsaturated/α-hetero) is 1. The van der Waals surface area contributed by atoms with Crippen molar-refractivity contribution in [1.82, 2.24) is 30.2 Å². The first kappa shape index (κ1) is 62.6. The molecule has 1 saturated heterocycles. The number of cyclic esters (lactones) is 2. The average molecular weight is 1130 g/mol. The topological polar surface area (TPSA) is 237 Å². The third-order valence-electron chi connectivity index (χ3n) is 14.5. The Labute approximate surface area is 479 Å². The fraction of sp³-hybridized carbons (Fsp3) is 0.435. The van der Waals surface area contributed by atoms with Gasteiger partial charge in [-0.15, -0.1) is 0 Å². The predicted molar refractivity (Wildman–Crippen MR) is 303 cm³/mol. The monoisotopic (exact) mass is 1130 g/mol. The molecule has 2 heterocycles. The zero-order valence-electron chi connectivity index (χ0n) is 48.1. The van der Waals surface area contributed by atoms with Crippen LogP contribution in [0.25, 0.3) is 0 Å². The molecule has 0 aromatic heterocycles. The van der Waals surface area contributed by atoms with Crippen molar-refractivity contribution in [2.45, 2.75) is 102 Å². The van der Waals surface area contributed by atoms with Crippen LogP contribution in [-0.2, 0) is 71.9 Å². The predicted octanol–water partition coefficient (Wildman–Crippen LogP) is 5.00. The largest absolute Gasteiger partial charge is 0.493 e. The quantitative estimate of drug-likeness (QED) is 0.166. The number of ketones is 1. The molecule has 20 nitrogen and oxygen atoms in total. The van der Waals surface area contributed by atoms with Crippen molar-refractivity contribution >= 4 is 53.2 Å². The summed E-state index contributed by atoms with van der Waals surface area (Å²) < 4.78 is 28.7. The Morgan fingerprint density at radius 1 is 0.695 bits per heavy atom. The minimum Gasteiger partial charge on any atom is -0.493 e. The first-order valence-electron chi connectivity index (χ1n) is 27.5. The zero-order valence-corrected chi connectivity index (χ0v) is 48.1. The number of amides is 6. The molecule has 0 aliphatic carbocycles. The second kappa shape index (κ2) is 29.8. The number of rotatable bonds is 9. The lowest BCUT2D eigenvalue weighted by molar-refractivity contribution is -0.165. The molecule has 0 saturated carbocycles. The lowest BCUT2D eigenvalue weighted by Gasteiger charge is -2.36. The molecular weight excluding hydrogens is 1050 g/mol. The fourth-order valence-electron chi connectivity index (χ4n) is 9.61. The van der Waals surface area contributed by atoms with Crippen LogP contribution in [0, 0.1) is 5.41 Å². The van der Waals surface area contributed by atoms with E-state index in [1.807, 2.05) is 60.7 Å². The third-order valence-corrected chi connectivity index (χ3v) is 14.5. The summed E-state index contributed by atoms with van der Waals surface area (Å²) in [7, 11) is 7.46. The maximum absolute atomic E-state index is 14.5. The normalized spacial score (nSPS) is 22.0. The summed E-state index contributed by atoms with van der Waals surface area (Å²) in [6.45, 7) is 3.23. The van der Waals surface area contributed by atoms with Crippen LogP contribution in [-0.4, -0.2) is 165 Å². The molecule has 2 N–H and O–H groups in total. The third kappa shape index (κ3) is 17.5. The molecule has 1 fully saturated rings. The van der Waals surface area contributed by atoms with Crippen LogP contribution >= 0.6 is 0 Å². The van der Waals surface area contributed by atoms with Gasteiger partial charge in [0.25, 0.3) is 11.8 Å². The number of methoxy groups -OCH3 is 2. The maximum atomic E-state index is 14.5. The van der Waals surface area contributed by atoms with Gasteiger partial charge in [0, 0.05) is 53.2 Å². The van der Waals surface area contributed by atoms with Crippen molar-refractivity contribution in [3.63, 3.8) is 0 Å². The molecule has 20 heteroatoms. The molecule has 2 bridgehead atoms. The molecule has 82 heavy (non-hydrogen) atoms. The summed E-state index contributed by atoms with van der Waals surface area (Å²) in [6.07, 6.45) is 4.06. The number of hydrogen-bond donors (Lipinski definition) is 2. The molecule has 4 aromatic rings. The second-order valence-corrected chi connectivity index (χ2v) is 21.2. The van der Waals surface area contributed by atoms with Gasteiger partial charge in [-0.05, 0) is 106 Å². The van der Waals surface area contributed by atoms with Gasteiger partial charge in [-0.3, -0.25) is 33.6 Å². The first-order valence-corrected chi connectivity index (χ1v) is 27.5. The number of nitrogens with zero attached hydrogens (tertiary/aromatic N) is 4. The van der Waals surface area contributed by atoms with E-state index in [0.717, 1.165) is 27.7 Å². The van der Waals surface area contributed by atoms with Crippen LogP contribution in [0.15, 0.2) is 115 Å². The summed E-state index contributed by atoms with van der Waals surface area (Å²) in [4.78, 5) is 131. The van der Waals surface area contributed by atoms with E-state index in [-0.39, 0.29) is 50.9 Å². The maximum Gasteiger partial charge on any atom is 0.330 e. The van der Waals surface area contributed by atoms with E-state index in [0.29, 0.717) is 36.3 Å². The Morgan fingerprint density at radius 2 is 1.38 bits per heavy atom. The number of carbonyl (C=O) groups is 9. The Morgan fingerprint density at radius 3 is 2.06 bits per heavy atom. The van der Waals surface area contributed by atoms with E-state index in [2.05, 4.69) is 10.6 Å². The molecule has 4 aromatic carbocycles. The van der Waals surface area contributed by atoms with Crippen molar-refractivity contribution in [3.8, 4) is 17.2 Å². The second-order valence-electron chi connectivity index (χ2n) is 21.2. The Kier molecular flexibility index (Phi) is 22.7. The minimum absolute atomic E-state index is 0.0599. The first-order chi connectivity index (χ1) is 39.2. The molecule has 2 aliphatic rings. The van der Waals surface area contributed by atoms with E-state index < -0.39 is 109 Å². The summed E-state index contributed by atoms with van der Waals surface area (Å²) in [5.74, 6) is -4.97. The standard InChI is InChI=1S/C62H76N6O14/c1-41-58(74)67(6)49(35-43-22-13-10-14-23-43)57(73)64-47(34-42-20-11-9-12-21-42)59(75)65(4)32-17-16-27-55(71)81-40-62(2,3)56(72)60(76)68-33-18-15-26-48(68)61(77)82-50(30-28-44-29-31-51(78-7)52(36-44)79-8)45-24-19-25-46(37-45)80-39-54(70)66(5)38-53(69)63-41/h9-14,16,19-25,27,29,31,36-37,41,47-50H,15,17-18,26,28,30,32-35,38-40H2,1-8H3,(H,63,69)(H,64,73)/t41-,47+,48+,49+,50-/m1/s1. The number of likely N-dealkylation sites (N-methyl/N-ethyl adjacent to an activating group) is 3. The lowest BCUT2D eigenvalue weighted by Crippen LogP contribution is -2.58. The molecule has 5 atom stereocenters. The summed E-state index contributed by atoms with van der Waals surface area (Å²) in [5, 5.41) is 5.56. The SMILES string of the molecule is COc1ccc(CC[C@H]2OC(=O)[C@@H]3CCCCN3C(=O)C(=O)C(C)(C)COC(=O)C=CCCN(C)C(=O)[C@H](Cc3ccccc3)NC(=O)[C@H](Cc3ccccc3)N(C)C(=O)[C@@H](C)NC(=O)CN(C)C(=O)COc3cccc2c3)cc1OC. The van der Waals surface area contributed by atoms with Crippen molar-refractivity contribution < 1.29 is 66.8 Å². The van der Waals surface area contributed by atoms with Crippen molar-refractivity contribution in [2.75, 3.05) is 68.2 Å². The van der Waals surface area contributed by atoms with E-state index in [1.54, 1.807) is 49.5 Å². The van der Waals surface area contributed by atoms with Gasteiger partial charge in [0.1, 0.15) is 42.6 Å². The van der Waals surface area contributed by atoms with Gasteiger partial charge in [0.05, 0.1) is 26.2 Å². The van der Waals surface area contributed by atoms with Gasteiger partial charge in [-0.25, -0.2) is 9.59 Å². The highest BCUT2D eigenvalue weighted by Crippen LogP contribution is 2.33. The van der Waals surface area contributed by atoms with Gasteiger partial charge in [0.15, 0.2) is 18.1 Å². The van der Waals surface area contributed by atoms with Crippen LogP contribution in [0.1, 0.15) is 81.2 Å². The number of esters is 2. The van der Waals surface area contributed by atoms with Gasteiger partial charge >= 0.3 is 11.9 Å². The minimum atomic E-state index is -1.50. The van der Waals surface area contributed by atoms with Crippen LogP contribution in [0.5, 0.6) is 17.2 Å². The van der Waals surface area contributed by atoms with Crippen LogP contribution in [0.3, 0.4) is 0 Å². The molecule has 6 amide bonds. The van der Waals surface area contributed by atoms with E-state index in [4.69, 9.17) is 23.7 Å². The molecule has 438 valence electrons. The van der Waals surface area contributed by atoms with Gasteiger partial charge in [0.2, 0.25) is 29.4 Å². The average Bonchev–Trinajstić information content (AvgIpc) is 3.69. The number of carbonyl (C=O) groups excluding carboxylic acids is 9. The van der Waals surface area contributed by atoms with E-state index in [1.165, 1.54) is 69.9 Å². The number of fused-ring (bicyclic) bond motifs is 3. The number of piperidine rings is 1. The number of hydrogen-bond acceptors (Lipinski definition) is 14. The molecular formula is C62H76N6O14. The van der Waals surface area contributed by atoms with E-state index in [9.17, 15) is 43.2 Å². The summed E-state index contributed by atoms with van der Waals surface area (Å²) in [6, 6.07) is 25.7. The molecule has 6 rings (SSSR count). The summed E-state index contributed by atoms with van der Waals surface area (Å²) >= 11 is 0. The molecule has 2 aliphatic heterocycles. The van der Waals surface area contributed by atoms with Crippen LogP contribution < -0.4 is 24.8 Å². The highest BCUT2D eigenvalue weighted by molar-refractivity contribution is 6.38. The number of ether oxygens (including phenoxy) is 5. The van der Waals surface area contributed by atoms with Gasteiger partial charge in [-0.1, -0.05) is 84.9 Å². The smallest absolute Gasteiger partial charge is 0.330 e. The number of benzene rings is 4.